The Morgan fingerprint density at radius 2 is 1.32 bits per heavy atom. The van der Waals surface area contributed by atoms with Crippen molar-refractivity contribution in [3.63, 3.8) is 0 Å². The molecule has 0 radical (unpaired) electrons. The van der Waals surface area contributed by atoms with E-state index in [4.69, 9.17) is 11.6 Å². The van der Waals surface area contributed by atoms with E-state index in [1.165, 1.54) is 5.56 Å². The maximum absolute atomic E-state index is 12.5. The van der Waals surface area contributed by atoms with Gasteiger partial charge in [0.25, 0.3) is 0 Å². The molecule has 0 saturated carbocycles. The van der Waals surface area contributed by atoms with Crippen molar-refractivity contribution in [3.8, 4) is 0 Å². The van der Waals surface area contributed by atoms with Gasteiger partial charge in [-0.15, -0.1) is 0 Å². The molecule has 0 atom stereocenters. The Morgan fingerprint density at radius 1 is 0.909 bits per heavy atom. The van der Waals surface area contributed by atoms with Crippen LogP contribution < -0.4 is 0 Å². The molecule has 0 aliphatic heterocycles. The molecule has 1 aromatic carbocycles. The predicted octanol–water partition coefficient (Wildman–Crippen LogP) is 5.26. The second-order valence-electron chi connectivity index (χ2n) is 7.50. The first kappa shape index (κ1) is 15.9. The van der Waals surface area contributed by atoms with Crippen LogP contribution in [0.1, 0.15) is 72.4 Å². The number of Topliss-reactive ketones (excluding diaryl/α,β-unsaturated/α-hetero) is 2. The molecule has 0 N–H and O–H groups in total. The highest BCUT2D eigenvalue weighted by atomic mass is 79.9. The van der Waals surface area contributed by atoms with Gasteiger partial charge < -0.3 is 0 Å². The van der Waals surface area contributed by atoms with Crippen LogP contribution in [0.3, 0.4) is 0 Å². The van der Waals surface area contributed by atoms with Gasteiger partial charge in [-0.2, -0.15) is 0 Å². The van der Waals surface area contributed by atoms with Crippen LogP contribution in [0.5, 0.6) is 0 Å². The highest BCUT2D eigenvalue weighted by molar-refractivity contribution is 9.12. The van der Waals surface area contributed by atoms with Crippen LogP contribution in [-0.2, 0) is 10.8 Å². The zero-order valence-corrected chi connectivity index (χ0v) is 15.5. The van der Waals surface area contributed by atoms with Gasteiger partial charge in [0, 0.05) is 11.1 Å². The average molecular weight is 382 g/mol. The summed E-state index contributed by atoms with van der Waals surface area (Å²) in [5.41, 5.74) is 3.22. The molecule has 0 amide bonds. The zero-order chi connectivity index (χ0) is 16.4. The highest BCUT2D eigenvalue weighted by Gasteiger charge is 2.40. The van der Waals surface area contributed by atoms with Crippen LogP contribution in [-0.4, -0.2) is 11.6 Å². The molecule has 0 aromatic heterocycles. The smallest absolute Gasteiger partial charge is 0.206 e. The molecule has 116 valence electrons. The lowest BCUT2D eigenvalue weighted by Gasteiger charge is -2.42. The number of carbonyl (C=O) groups is 2. The van der Waals surface area contributed by atoms with Crippen molar-refractivity contribution in [1.82, 2.24) is 0 Å². The second kappa shape index (κ2) is 4.78. The number of fused-ring (bicyclic) bond motifs is 2. The summed E-state index contributed by atoms with van der Waals surface area (Å²) in [4.78, 5) is 24.9. The van der Waals surface area contributed by atoms with E-state index >= 15 is 0 Å². The molecule has 2 aliphatic rings. The van der Waals surface area contributed by atoms with Crippen molar-refractivity contribution in [2.75, 3.05) is 0 Å². The van der Waals surface area contributed by atoms with Gasteiger partial charge in [0.15, 0.2) is 0 Å². The lowest BCUT2D eigenvalue weighted by Crippen LogP contribution is -2.35. The largest absolute Gasteiger partial charge is 0.288 e. The molecular formula is C18H18BrClO2. The van der Waals surface area contributed by atoms with Crippen molar-refractivity contribution in [3.05, 3.63) is 43.9 Å². The first-order chi connectivity index (χ1) is 10.1. The summed E-state index contributed by atoms with van der Waals surface area (Å²) in [5.74, 6) is -0.480. The van der Waals surface area contributed by atoms with Gasteiger partial charge in [0.05, 0.1) is 4.48 Å². The Kier molecular flexibility index (Phi) is 3.47. The fraction of sp³-hybridized carbons (Fsp3) is 0.444. The van der Waals surface area contributed by atoms with Gasteiger partial charge in [0.2, 0.25) is 11.6 Å². The normalized spacial score (nSPS) is 22.5. The zero-order valence-electron chi connectivity index (χ0n) is 13.1. The third-order valence-electron chi connectivity index (χ3n) is 5.07. The summed E-state index contributed by atoms with van der Waals surface area (Å²) in [6.07, 6.45) is 2.12. The number of halogens is 2. The van der Waals surface area contributed by atoms with Gasteiger partial charge in [-0.25, -0.2) is 0 Å². The van der Waals surface area contributed by atoms with Gasteiger partial charge >= 0.3 is 0 Å². The van der Waals surface area contributed by atoms with Crippen LogP contribution in [0.2, 0.25) is 0 Å². The van der Waals surface area contributed by atoms with Crippen LogP contribution in [0.15, 0.2) is 21.6 Å². The van der Waals surface area contributed by atoms with Gasteiger partial charge in [0.1, 0.15) is 5.03 Å². The summed E-state index contributed by atoms with van der Waals surface area (Å²) in [6, 6.07) is 3.81. The van der Waals surface area contributed by atoms with Crippen molar-refractivity contribution in [1.29, 1.82) is 0 Å². The summed E-state index contributed by atoms with van der Waals surface area (Å²) in [5, 5.41) is -0.0228. The van der Waals surface area contributed by atoms with E-state index in [2.05, 4.69) is 43.6 Å². The van der Waals surface area contributed by atoms with Gasteiger partial charge in [-0.1, -0.05) is 39.3 Å². The highest BCUT2D eigenvalue weighted by Crippen LogP contribution is 2.47. The van der Waals surface area contributed by atoms with E-state index in [1.807, 2.05) is 12.1 Å². The van der Waals surface area contributed by atoms with E-state index in [-0.39, 0.29) is 31.9 Å². The minimum atomic E-state index is -0.273. The van der Waals surface area contributed by atoms with Gasteiger partial charge in [-0.05, 0) is 62.9 Å². The molecule has 0 unspecified atom stereocenters. The number of carbonyl (C=O) groups excluding carboxylic acids is 2. The molecule has 22 heavy (non-hydrogen) atoms. The Labute approximate surface area is 144 Å². The van der Waals surface area contributed by atoms with Crippen LogP contribution in [0.4, 0.5) is 0 Å². The third kappa shape index (κ3) is 2.13. The fourth-order valence-electron chi connectivity index (χ4n) is 3.43. The molecule has 0 spiro atoms. The molecule has 0 fully saturated rings. The second-order valence-corrected chi connectivity index (χ2v) is 8.67. The number of allylic oxidation sites excluding steroid dienone is 2. The Balaban J connectivity index is 2.33. The molecule has 4 heteroatoms. The quantitative estimate of drug-likeness (QED) is 0.614. The standard InChI is InChI=1S/C18H18BrClO2/c1-17(2)5-6-18(3,4)12-8-10-9(7-11(12)17)15(21)13(19)14(20)16(10)22/h7-8H,5-6H2,1-4H3. The molecule has 0 heterocycles. The van der Waals surface area contributed by atoms with E-state index in [9.17, 15) is 9.59 Å². The average Bonchev–Trinajstić information content (AvgIpc) is 2.46. The molecule has 0 bridgehead atoms. The molecule has 2 nitrogen and oxygen atoms in total. The van der Waals surface area contributed by atoms with E-state index < -0.39 is 0 Å². The topological polar surface area (TPSA) is 34.1 Å². The van der Waals surface area contributed by atoms with Crippen molar-refractivity contribution in [2.24, 2.45) is 0 Å². The number of ketones is 2. The summed E-state index contributed by atoms with van der Waals surface area (Å²) < 4.78 is 0.166. The molecule has 3 rings (SSSR count). The van der Waals surface area contributed by atoms with Crippen LogP contribution in [0.25, 0.3) is 0 Å². The number of hydrogen-bond donors (Lipinski definition) is 0. The van der Waals surface area contributed by atoms with Crippen molar-refractivity contribution < 1.29 is 9.59 Å². The Morgan fingerprint density at radius 3 is 1.77 bits per heavy atom. The summed E-state index contributed by atoms with van der Waals surface area (Å²) in [6.45, 7) is 8.77. The lowest BCUT2D eigenvalue weighted by atomic mass is 9.62. The monoisotopic (exact) mass is 380 g/mol. The molecule has 0 saturated heterocycles. The molecular weight excluding hydrogens is 364 g/mol. The summed E-state index contributed by atoms with van der Waals surface area (Å²) in [7, 11) is 0. The van der Waals surface area contributed by atoms with Crippen molar-refractivity contribution >= 4 is 39.1 Å². The lowest BCUT2D eigenvalue weighted by molar-refractivity contribution is 0.0987. The van der Waals surface area contributed by atoms with Crippen molar-refractivity contribution in [2.45, 2.75) is 51.4 Å². The predicted molar refractivity (Wildman–Crippen MR) is 92.2 cm³/mol. The number of benzene rings is 1. The number of rotatable bonds is 0. The third-order valence-corrected chi connectivity index (χ3v) is 6.42. The minimum Gasteiger partial charge on any atom is -0.288 e. The first-order valence-corrected chi connectivity index (χ1v) is 8.57. The SMILES string of the molecule is CC1(C)CCC(C)(C)c2cc3c(cc21)C(=O)C(Cl)=C(Br)C3=O. The first-order valence-electron chi connectivity index (χ1n) is 7.40. The minimum absolute atomic E-state index is 0.000638. The van der Waals surface area contributed by atoms with E-state index in [0.717, 1.165) is 18.4 Å². The Hall–Kier alpha value is -0.930. The summed E-state index contributed by atoms with van der Waals surface area (Å²) >= 11 is 9.17. The van der Waals surface area contributed by atoms with E-state index in [0.29, 0.717) is 11.1 Å². The van der Waals surface area contributed by atoms with Crippen LogP contribution in [0, 0.1) is 0 Å². The fourth-order valence-corrected chi connectivity index (χ4v) is 4.01. The molecule has 1 aromatic rings. The number of hydrogen-bond acceptors (Lipinski definition) is 2. The van der Waals surface area contributed by atoms with Crippen LogP contribution >= 0.6 is 27.5 Å². The Bertz CT molecular complexity index is 694. The van der Waals surface area contributed by atoms with Gasteiger partial charge in [-0.3, -0.25) is 9.59 Å². The van der Waals surface area contributed by atoms with E-state index in [1.54, 1.807) is 0 Å². The maximum atomic E-state index is 12.5. The molecule has 2 aliphatic carbocycles. The maximum Gasteiger partial charge on any atom is 0.206 e.